The average Bonchev–Trinajstić information content (AvgIpc) is 2.33. The molecule has 0 aliphatic rings. The lowest BCUT2D eigenvalue weighted by Gasteiger charge is -1.85. The highest BCUT2D eigenvalue weighted by Crippen LogP contribution is 2.29. The van der Waals surface area contributed by atoms with E-state index in [1.54, 1.807) is 6.07 Å². The standard InChI is InChI=1S/C5H5Cl2NS.CH3N/c6-3-1-5(7)9-4(3)2-8;1-2/h1H,2,8H2;2H,1H2. The molecule has 1 rings (SSSR count). The predicted molar refractivity (Wildman–Crippen MR) is 52.1 cm³/mol. The molecule has 0 unspecified atom stereocenters. The topological polar surface area (TPSA) is 49.9 Å². The van der Waals surface area contributed by atoms with Crippen molar-refractivity contribution in [3.05, 3.63) is 20.3 Å². The van der Waals surface area contributed by atoms with Crippen molar-refractivity contribution < 1.29 is 0 Å². The van der Waals surface area contributed by atoms with Gasteiger partial charge in [-0.25, -0.2) is 0 Å². The van der Waals surface area contributed by atoms with Crippen molar-refractivity contribution in [3.8, 4) is 0 Å². The summed E-state index contributed by atoms with van der Waals surface area (Å²) in [4.78, 5) is 0.946. The molecule has 0 aliphatic heterocycles. The first-order valence-corrected chi connectivity index (χ1v) is 4.30. The molecule has 0 spiro atoms. The van der Waals surface area contributed by atoms with E-state index in [0.29, 0.717) is 15.9 Å². The summed E-state index contributed by atoms with van der Waals surface area (Å²) in [6.45, 7) is 2.97. The largest absolute Gasteiger partial charge is 0.326 e. The number of nitrogens with one attached hydrogen (secondary N) is 1. The third kappa shape index (κ3) is 3.20. The van der Waals surface area contributed by atoms with Gasteiger partial charge in [0.15, 0.2) is 0 Å². The van der Waals surface area contributed by atoms with Crippen LogP contribution in [0.2, 0.25) is 9.36 Å². The second-order valence-electron chi connectivity index (χ2n) is 1.53. The highest BCUT2D eigenvalue weighted by atomic mass is 35.5. The molecule has 0 saturated heterocycles. The first-order chi connectivity index (χ1) is 5.24. The fourth-order valence-corrected chi connectivity index (χ4v) is 1.98. The normalized spacial score (nSPS) is 8.64. The van der Waals surface area contributed by atoms with Crippen molar-refractivity contribution >= 4 is 41.3 Å². The van der Waals surface area contributed by atoms with Crippen molar-refractivity contribution in [3.63, 3.8) is 0 Å². The molecular formula is C6H8Cl2N2S. The molecular weight excluding hydrogens is 203 g/mol. The first kappa shape index (κ1) is 10.9. The molecule has 1 aromatic heterocycles. The van der Waals surface area contributed by atoms with E-state index < -0.39 is 0 Å². The van der Waals surface area contributed by atoms with E-state index in [-0.39, 0.29) is 0 Å². The molecule has 3 N–H and O–H groups in total. The van der Waals surface area contributed by atoms with Gasteiger partial charge in [-0.15, -0.1) is 11.3 Å². The maximum absolute atomic E-state index is 5.69. The first-order valence-electron chi connectivity index (χ1n) is 2.73. The second-order valence-corrected chi connectivity index (χ2v) is 3.70. The van der Waals surface area contributed by atoms with Gasteiger partial charge in [0.1, 0.15) is 0 Å². The number of rotatable bonds is 1. The molecule has 11 heavy (non-hydrogen) atoms. The number of nitrogens with two attached hydrogens (primary N) is 1. The van der Waals surface area contributed by atoms with E-state index in [9.17, 15) is 0 Å². The van der Waals surface area contributed by atoms with Crippen molar-refractivity contribution in [2.24, 2.45) is 5.73 Å². The monoisotopic (exact) mass is 210 g/mol. The highest BCUT2D eigenvalue weighted by Gasteiger charge is 2.01. The third-order valence-electron chi connectivity index (χ3n) is 0.913. The summed E-state index contributed by atoms with van der Waals surface area (Å²) in [5.41, 5.74) is 5.33. The minimum atomic E-state index is 0.468. The van der Waals surface area contributed by atoms with Gasteiger partial charge in [-0.2, -0.15) is 0 Å². The SMILES string of the molecule is C=N.NCc1sc(Cl)cc1Cl. The third-order valence-corrected chi connectivity index (χ3v) is 2.65. The van der Waals surface area contributed by atoms with Crippen LogP contribution in [0.4, 0.5) is 0 Å². The van der Waals surface area contributed by atoms with Gasteiger partial charge in [-0.05, 0) is 12.8 Å². The van der Waals surface area contributed by atoms with Crippen LogP contribution in [0.3, 0.4) is 0 Å². The Morgan fingerprint density at radius 1 is 1.55 bits per heavy atom. The summed E-state index contributed by atoms with van der Waals surface area (Å²) in [6.07, 6.45) is 0. The van der Waals surface area contributed by atoms with Gasteiger partial charge in [0.2, 0.25) is 0 Å². The second kappa shape index (κ2) is 5.55. The zero-order valence-corrected chi connectivity index (χ0v) is 8.06. The highest BCUT2D eigenvalue weighted by molar-refractivity contribution is 7.16. The minimum Gasteiger partial charge on any atom is -0.326 e. The Bertz CT molecular complexity index is 224. The summed E-state index contributed by atoms with van der Waals surface area (Å²) < 4.78 is 0.695. The zero-order chi connectivity index (χ0) is 8.85. The number of hydrogen-bond acceptors (Lipinski definition) is 3. The van der Waals surface area contributed by atoms with E-state index in [0.717, 1.165) is 4.88 Å². The van der Waals surface area contributed by atoms with Gasteiger partial charge in [-0.1, -0.05) is 23.2 Å². The van der Waals surface area contributed by atoms with Crippen LogP contribution < -0.4 is 5.73 Å². The van der Waals surface area contributed by atoms with Crippen molar-refractivity contribution in [2.45, 2.75) is 6.54 Å². The van der Waals surface area contributed by atoms with Crippen LogP contribution >= 0.6 is 34.5 Å². The van der Waals surface area contributed by atoms with Crippen molar-refractivity contribution in [1.82, 2.24) is 0 Å². The molecule has 0 fully saturated rings. The lowest BCUT2D eigenvalue weighted by atomic mass is 10.5. The van der Waals surface area contributed by atoms with E-state index in [4.69, 9.17) is 34.3 Å². The Labute approximate surface area is 79.4 Å². The van der Waals surface area contributed by atoms with E-state index in [2.05, 4.69) is 6.72 Å². The summed E-state index contributed by atoms with van der Waals surface area (Å²) in [6, 6.07) is 1.70. The molecule has 0 atom stereocenters. The fraction of sp³-hybridized carbons (Fsp3) is 0.167. The Kier molecular flexibility index (Phi) is 5.50. The quantitative estimate of drug-likeness (QED) is 0.689. The Balaban J connectivity index is 0.000000461. The van der Waals surface area contributed by atoms with Crippen molar-refractivity contribution in [1.29, 1.82) is 5.41 Å². The fourth-order valence-electron chi connectivity index (χ4n) is 0.515. The average molecular weight is 211 g/mol. The van der Waals surface area contributed by atoms with Crippen LogP contribution in [-0.4, -0.2) is 6.72 Å². The van der Waals surface area contributed by atoms with Crippen molar-refractivity contribution in [2.75, 3.05) is 0 Å². The number of halogens is 2. The molecule has 62 valence electrons. The lowest BCUT2D eigenvalue weighted by molar-refractivity contribution is 1.11. The van der Waals surface area contributed by atoms with E-state index >= 15 is 0 Å². The molecule has 0 bridgehead atoms. The molecule has 1 aromatic rings. The number of hydrogen-bond donors (Lipinski definition) is 2. The van der Waals surface area contributed by atoms with Gasteiger partial charge in [0, 0.05) is 11.4 Å². The van der Waals surface area contributed by atoms with Crippen LogP contribution in [0.15, 0.2) is 6.07 Å². The van der Waals surface area contributed by atoms with Gasteiger partial charge >= 0.3 is 0 Å². The minimum absolute atomic E-state index is 0.468. The Hall–Kier alpha value is -0.0900. The Morgan fingerprint density at radius 3 is 2.27 bits per heavy atom. The van der Waals surface area contributed by atoms with Crippen LogP contribution in [0.25, 0.3) is 0 Å². The molecule has 0 aliphatic carbocycles. The molecule has 2 nitrogen and oxygen atoms in total. The summed E-state index contributed by atoms with van der Waals surface area (Å²) in [7, 11) is 0. The molecule has 0 saturated carbocycles. The summed E-state index contributed by atoms with van der Waals surface area (Å²) >= 11 is 12.7. The Morgan fingerprint density at radius 2 is 2.09 bits per heavy atom. The van der Waals surface area contributed by atoms with Gasteiger partial charge < -0.3 is 11.1 Å². The van der Waals surface area contributed by atoms with Crippen LogP contribution in [-0.2, 0) is 6.54 Å². The molecule has 0 amide bonds. The summed E-state index contributed by atoms with van der Waals surface area (Å²) in [5.74, 6) is 0. The molecule has 5 heteroatoms. The van der Waals surface area contributed by atoms with Gasteiger partial charge in [-0.3, -0.25) is 0 Å². The van der Waals surface area contributed by atoms with E-state index in [1.165, 1.54) is 11.3 Å². The smallest absolute Gasteiger partial charge is 0.0947 e. The predicted octanol–water partition coefficient (Wildman–Crippen LogP) is 2.78. The maximum Gasteiger partial charge on any atom is 0.0947 e. The molecule has 0 radical (unpaired) electrons. The van der Waals surface area contributed by atoms with Gasteiger partial charge in [0.05, 0.1) is 9.36 Å². The van der Waals surface area contributed by atoms with Gasteiger partial charge in [0.25, 0.3) is 0 Å². The van der Waals surface area contributed by atoms with Crippen LogP contribution in [0.1, 0.15) is 4.88 Å². The van der Waals surface area contributed by atoms with Crippen LogP contribution in [0.5, 0.6) is 0 Å². The molecule has 1 heterocycles. The summed E-state index contributed by atoms with van der Waals surface area (Å²) in [5, 5.41) is 6.17. The van der Waals surface area contributed by atoms with E-state index in [1.807, 2.05) is 0 Å². The lowest BCUT2D eigenvalue weighted by Crippen LogP contribution is -1.92. The zero-order valence-electron chi connectivity index (χ0n) is 5.73. The van der Waals surface area contributed by atoms with Crippen LogP contribution in [0, 0.1) is 5.41 Å². The molecule has 0 aromatic carbocycles. The maximum atomic E-state index is 5.69. The number of thiophene rings is 1.